The van der Waals surface area contributed by atoms with E-state index in [1.54, 1.807) is 0 Å². The maximum Gasteiger partial charge on any atom is 0.243 e. The molecule has 0 bridgehead atoms. The molecule has 108 valence electrons. The minimum Gasteiger partial charge on any atom is -0.361 e. The molecule has 1 aliphatic carbocycles. The SMILES string of the molecule is N[C@@H](Cc1c[nH]c2ccccc12)c1nc(C2CCC2)no1. The first-order valence-electron chi connectivity index (χ1n) is 7.45. The van der Waals surface area contributed by atoms with Crippen LogP contribution in [0.1, 0.15) is 48.5 Å². The normalized spacial score (nSPS) is 17.0. The van der Waals surface area contributed by atoms with Crippen LogP contribution in [0.2, 0.25) is 0 Å². The maximum atomic E-state index is 6.24. The second-order valence-electron chi connectivity index (χ2n) is 5.79. The van der Waals surface area contributed by atoms with Crippen molar-refractivity contribution < 1.29 is 4.52 Å². The Morgan fingerprint density at radius 3 is 3.00 bits per heavy atom. The van der Waals surface area contributed by atoms with Crippen molar-refractivity contribution in [1.82, 2.24) is 15.1 Å². The number of hydrogen-bond donors (Lipinski definition) is 2. The third kappa shape index (κ3) is 2.23. The van der Waals surface area contributed by atoms with Gasteiger partial charge in [-0.2, -0.15) is 4.98 Å². The van der Waals surface area contributed by atoms with E-state index in [0.29, 0.717) is 18.2 Å². The fourth-order valence-corrected chi connectivity index (χ4v) is 2.85. The topological polar surface area (TPSA) is 80.7 Å². The Morgan fingerprint density at radius 2 is 2.19 bits per heavy atom. The maximum absolute atomic E-state index is 6.24. The zero-order valence-electron chi connectivity index (χ0n) is 11.7. The molecule has 0 amide bonds. The molecule has 1 aromatic carbocycles. The zero-order valence-corrected chi connectivity index (χ0v) is 11.7. The average Bonchev–Trinajstić information content (AvgIpc) is 3.05. The van der Waals surface area contributed by atoms with Crippen molar-refractivity contribution >= 4 is 10.9 Å². The van der Waals surface area contributed by atoms with Gasteiger partial charge in [0.25, 0.3) is 0 Å². The third-order valence-corrected chi connectivity index (χ3v) is 4.36. The monoisotopic (exact) mass is 282 g/mol. The van der Waals surface area contributed by atoms with Crippen LogP contribution in [0.4, 0.5) is 0 Å². The number of H-pyrrole nitrogens is 1. The largest absolute Gasteiger partial charge is 0.361 e. The second kappa shape index (κ2) is 5.00. The standard InChI is InChI=1S/C16H18N4O/c17-13(16-19-15(20-21-16)10-4-3-5-10)8-11-9-18-14-7-2-1-6-12(11)14/h1-2,6-7,9-10,13,18H,3-5,8,17H2/t13-/m0/s1. The van der Waals surface area contributed by atoms with Crippen LogP contribution in [0.25, 0.3) is 10.9 Å². The number of nitrogens with two attached hydrogens (primary N) is 1. The van der Waals surface area contributed by atoms with Crippen molar-refractivity contribution in [3.8, 4) is 0 Å². The van der Waals surface area contributed by atoms with Crippen LogP contribution in [-0.4, -0.2) is 15.1 Å². The van der Waals surface area contributed by atoms with E-state index in [0.717, 1.165) is 24.2 Å². The van der Waals surface area contributed by atoms with Crippen molar-refractivity contribution in [1.29, 1.82) is 0 Å². The highest BCUT2D eigenvalue weighted by Gasteiger charge is 2.26. The van der Waals surface area contributed by atoms with Gasteiger partial charge in [0, 0.05) is 23.0 Å². The number of hydrogen-bond acceptors (Lipinski definition) is 4. The van der Waals surface area contributed by atoms with E-state index < -0.39 is 0 Å². The number of aromatic nitrogens is 3. The molecule has 21 heavy (non-hydrogen) atoms. The van der Waals surface area contributed by atoms with Gasteiger partial charge in [-0.25, -0.2) is 0 Å². The molecule has 0 aliphatic heterocycles. The van der Waals surface area contributed by atoms with Crippen LogP contribution in [0.15, 0.2) is 35.0 Å². The highest BCUT2D eigenvalue weighted by molar-refractivity contribution is 5.83. The summed E-state index contributed by atoms with van der Waals surface area (Å²) in [5.41, 5.74) is 8.55. The van der Waals surface area contributed by atoms with Crippen LogP contribution in [0.5, 0.6) is 0 Å². The lowest BCUT2D eigenvalue weighted by atomic mass is 9.85. The number of nitrogens with one attached hydrogen (secondary N) is 1. The van der Waals surface area contributed by atoms with E-state index in [4.69, 9.17) is 10.3 Å². The van der Waals surface area contributed by atoms with Gasteiger partial charge in [0.2, 0.25) is 5.89 Å². The third-order valence-electron chi connectivity index (χ3n) is 4.36. The molecule has 1 saturated carbocycles. The molecule has 5 nitrogen and oxygen atoms in total. The van der Waals surface area contributed by atoms with E-state index in [2.05, 4.69) is 27.3 Å². The number of fused-ring (bicyclic) bond motifs is 1. The first-order valence-corrected chi connectivity index (χ1v) is 7.45. The molecule has 1 atom stereocenters. The molecule has 3 N–H and O–H groups in total. The number of nitrogens with zero attached hydrogens (tertiary/aromatic N) is 2. The van der Waals surface area contributed by atoms with Gasteiger partial charge < -0.3 is 15.2 Å². The second-order valence-corrected chi connectivity index (χ2v) is 5.79. The van der Waals surface area contributed by atoms with Gasteiger partial charge in [0.15, 0.2) is 5.82 Å². The first-order chi connectivity index (χ1) is 10.3. The molecular weight excluding hydrogens is 264 g/mol. The summed E-state index contributed by atoms with van der Waals surface area (Å²) >= 11 is 0. The zero-order chi connectivity index (χ0) is 14.2. The summed E-state index contributed by atoms with van der Waals surface area (Å²) in [7, 11) is 0. The van der Waals surface area contributed by atoms with Crippen LogP contribution in [0, 0.1) is 0 Å². The summed E-state index contributed by atoms with van der Waals surface area (Å²) in [6.07, 6.45) is 6.29. The Morgan fingerprint density at radius 1 is 1.33 bits per heavy atom. The van der Waals surface area contributed by atoms with Crippen molar-refractivity contribution in [3.63, 3.8) is 0 Å². The lowest BCUT2D eigenvalue weighted by molar-refractivity contribution is 0.334. The highest BCUT2D eigenvalue weighted by Crippen LogP contribution is 2.35. The Labute approximate surface area is 122 Å². The van der Waals surface area contributed by atoms with Crippen molar-refractivity contribution in [2.75, 3.05) is 0 Å². The van der Waals surface area contributed by atoms with Crippen molar-refractivity contribution in [3.05, 3.63) is 47.7 Å². The molecule has 0 saturated heterocycles. The molecule has 1 fully saturated rings. The molecule has 3 aromatic rings. The molecular formula is C16H18N4O. The van der Waals surface area contributed by atoms with Gasteiger partial charge in [-0.1, -0.05) is 29.8 Å². The van der Waals surface area contributed by atoms with Crippen LogP contribution in [-0.2, 0) is 6.42 Å². The van der Waals surface area contributed by atoms with Gasteiger partial charge in [-0.3, -0.25) is 0 Å². The molecule has 0 unspecified atom stereocenters. The number of benzene rings is 1. The number of aromatic amines is 1. The van der Waals surface area contributed by atoms with Crippen molar-refractivity contribution in [2.24, 2.45) is 5.73 Å². The first kappa shape index (κ1) is 12.6. The van der Waals surface area contributed by atoms with Crippen LogP contribution in [0.3, 0.4) is 0 Å². The summed E-state index contributed by atoms with van der Waals surface area (Å²) in [6, 6.07) is 7.95. The lowest BCUT2D eigenvalue weighted by Gasteiger charge is -2.21. The highest BCUT2D eigenvalue weighted by atomic mass is 16.5. The molecule has 4 rings (SSSR count). The van der Waals surface area contributed by atoms with Gasteiger partial charge >= 0.3 is 0 Å². The van der Waals surface area contributed by atoms with Crippen molar-refractivity contribution in [2.45, 2.75) is 37.6 Å². The van der Waals surface area contributed by atoms with E-state index >= 15 is 0 Å². The smallest absolute Gasteiger partial charge is 0.243 e. The fourth-order valence-electron chi connectivity index (χ4n) is 2.85. The van der Waals surface area contributed by atoms with Crippen LogP contribution >= 0.6 is 0 Å². The summed E-state index contributed by atoms with van der Waals surface area (Å²) in [6.45, 7) is 0. The van der Waals surface area contributed by atoms with Gasteiger partial charge in [-0.15, -0.1) is 0 Å². The van der Waals surface area contributed by atoms with E-state index in [9.17, 15) is 0 Å². The molecule has 1 aliphatic rings. The molecule has 2 aromatic heterocycles. The Bertz CT molecular complexity index is 756. The number of para-hydroxylation sites is 1. The summed E-state index contributed by atoms with van der Waals surface area (Å²) in [4.78, 5) is 7.74. The molecule has 0 spiro atoms. The molecule has 2 heterocycles. The minimum absolute atomic E-state index is 0.259. The molecule has 5 heteroatoms. The van der Waals surface area contributed by atoms with Gasteiger partial charge in [-0.05, 0) is 30.9 Å². The average molecular weight is 282 g/mol. The van der Waals surface area contributed by atoms with E-state index in [1.807, 2.05) is 18.3 Å². The Kier molecular flexibility index (Phi) is 3.00. The summed E-state index contributed by atoms with van der Waals surface area (Å²) < 4.78 is 5.35. The quantitative estimate of drug-likeness (QED) is 0.770. The predicted molar refractivity (Wildman–Crippen MR) is 79.8 cm³/mol. The van der Waals surface area contributed by atoms with Crippen LogP contribution < -0.4 is 5.73 Å². The minimum atomic E-state index is -0.259. The fraction of sp³-hybridized carbons (Fsp3) is 0.375. The van der Waals surface area contributed by atoms with E-state index in [1.165, 1.54) is 17.4 Å². The predicted octanol–water partition coefficient (Wildman–Crippen LogP) is 3.06. The molecule has 0 radical (unpaired) electrons. The Hall–Kier alpha value is -2.14. The summed E-state index contributed by atoms with van der Waals surface area (Å²) in [5.74, 6) is 1.84. The lowest BCUT2D eigenvalue weighted by Crippen LogP contribution is -2.15. The Balaban J connectivity index is 1.54. The summed E-state index contributed by atoms with van der Waals surface area (Å²) in [5, 5.41) is 5.28. The van der Waals surface area contributed by atoms with Gasteiger partial charge in [0.05, 0.1) is 6.04 Å². The van der Waals surface area contributed by atoms with E-state index in [-0.39, 0.29) is 6.04 Å². The number of rotatable bonds is 4. The van der Waals surface area contributed by atoms with Gasteiger partial charge in [0.1, 0.15) is 0 Å².